The summed E-state index contributed by atoms with van der Waals surface area (Å²) in [6, 6.07) is 16.4. The molecule has 2 fully saturated rings. The van der Waals surface area contributed by atoms with E-state index in [1.807, 2.05) is 18.2 Å². The number of hydrogen-bond donors (Lipinski definition) is 2. The van der Waals surface area contributed by atoms with Crippen LogP contribution in [0.4, 0.5) is 4.39 Å². The monoisotopic (exact) mass is 380 g/mol. The molecule has 1 heterocycles. The lowest BCUT2D eigenvalue weighted by Crippen LogP contribution is -2.45. The first-order chi connectivity index (χ1) is 13.5. The lowest BCUT2D eigenvalue weighted by molar-refractivity contribution is -0.123. The first-order valence-corrected chi connectivity index (χ1v) is 9.91. The molecule has 0 spiro atoms. The number of carbonyl (C=O) groups excluding carboxylic acids is 2. The molecule has 146 valence electrons. The molecule has 2 N–H and O–H groups in total. The molecule has 1 aliphatic carbocycles. The lowest BCUT2D eigenvalue weighted by Gasteiger charge is -2.30. The van der Waals surface area contributed by atoms with Gasteiger partial charge in [-0.3, -0.25) is 9.59 Å². The van der Waals surface area contributed by atoms with Crippen molar-refractivity contribution in [3.63, 3.8) is 0 Å². The zero-order valence-electron chi connectivity index (χ0n) is 15.8. The highest BCUT2D eigenvalue weighted by molar-refractivity contribution is 5.80. The smallest absolute Gasteiger partial charge is 0.220 e. The topological polar surface area (TPSA) is 58.2 Å². The fourth-order valence-electron chi connectivity index (χ4n) is 4.23. The number of rotatable bonds is 7. The fraction of sp³-hybridized carbons (Fsp3) is 0.391. The third-order valence-corrected chi connectivity index (χ3v) is 5.98. The van der Waals surface area contributed by atoms with E-state index in [0.717, 1.165) is 24.0 Å². The van der Waals surface area contributed by atoms with Crippen molar-refractivity contribution in [1.29, 1.82) is 0 Å². The van der Waals surface area contributed by atoms with Gasteiger partial charge in [-0.25, -0.2) is 4.39 Å². The molecule has 1 saturated carbocycles. The molecular weight excluding hydrogens is 355 g/mol. The Morgan fingerprint density at radius 2 is 1.75 bits per heavy atom. The Balaban J connectivity index is 1.40. The number of nitrogens with one attached hydrogen (secondary N) is 2. The molecule has 2 amide bonds. The van der Waals surface area contributed by atoms with Gasteiger partial charge in [-0.1, -0.05) is 42.5 Å². The van der Waals surface area contributed by atoms with E-state index in [1.165, 1.54) is 12.1 Å². The summed E-state index contributed by atoms with van der Waals surface area (Å²) in [5.74, 6) is -0.241. The maximum absolute atomic E-state index is 13.2. The normalized spacial score (nSPS) is 22.5. The minimum absolute atomic E-state index is 0.0148. The summed E-state index contributed by atoms with van der Waals surface area (Å²) < 4.78 is 13.2. The van der Waals surface area contributed by atoms with Crippen molar-refractivity contribution in [2.24, 2.45) is 0 Å². The third kappa shape index (κ3) is 4.08. The van der Waals surface area contributed by atoms with Gasteiger partial charge in [-0.15, -0.1) is 0 Å². The van der Waals surface area contributed by atoms with Crippen LogP contribution in [0.3, 0.4) is 0 Å². The molecule has 0 aromatic heterocycles. The van der Waals surface area contributed by atoms with E-state index < -0.39 is 5.54 Å². The van der Waals surface area contributed by atoms with Crippen molar-refractivity contribution >= 4 is 11.8 Å². The molecule has 0 radical (unpaired) electrons. The maximum atomic E-state index is 13.2. The van der Waals surface area contributed by atoms with Gasteiger partial charge >= 0.3 is 0 Å². The number of amides is 2. The molecule has 1 atom stereocenters. The molecule has 4 rings (SSSR count). The van der Waals surface area contributed by atoms with Gasteiger partial charge < -0.3 is 10.6 Å². The van der Waals surface area contributed by atoms with Gasteiger partial charge in [-0.05, 0) is 55.4 Å². The molecule has 4 nitrogen and oxygen atoms in total. The molecule has 2 aromatic rings. The molecule has 2 aliphatic rings. The zero-order valence-corrected chi connectivity index (χ0v) is 15.8. The van der Waals surface area contributed by atoms with Crippen molar-refractivity contribution in [2.45, 2.75) is 56.0 Å². The Bertz CT molecular complexity index is 862. The van der Waals surface area contributed by atoms with Crippen LogP contribution in [0, 0.1) is 5.82 Å². The standard InChI is InChI=1S/C23H25FN2O2/c24-19-8-6-17(7-9-19)16-22(12-10-20(27)25-22)13-11-21(28)26-23(14-15-23)18-4-2-1-3-5-18/h1-9H,10-16H2,(H,25,27)(H,26,28)/t22-/m1/s1. The highest BCUT2D eigenvalue weighted by Gasteiger charge is 2.46. The van der Waals surface area contributed by atoms with E-state index >= 15 is 0 Å². The van der Waals surface area contributed by atoms with Crippen LogP contribution in [0.5, 0.6) is 0 Å². The van der Waals surface area contributed by atoms with Gasteiger partial charge in [0.25, 0.3) is 0 Å². The van der Waals surface area contributed by atoms with Gasteiger partial charge in [0.1, 0.15) is 5.82 Å². The van der Waals surface area contributed by atoms with Gasteiger partial charge in [0.15, 0.2) is 0 Å². The Labute approximate surface area is 164 Å². The fourth-order valence-corrected chi connectivity index (χ4v) is 4.23. The summed E-state index contributed by atoms with van der Waals surface area (Å²) in [4.78, 5) is 24.6. The molecule has 0 bridgehead atoms. The predicted octanol–water partition coefficient (Wildman–Crippen LogP) is 3.60. The van der Waals surface area contributed by atoms with Gasteiger partial charge in [0.05, 0.1) is 5.54 Å². The second-order valence-electron chi connectivity index (χ2n) is 8.13. The Hall–Kier alpha value is -2.69. The first-order valence-electron chi connectivity index (χ1n) is 9.91. The highest BCUT2D eigenvalue weighted by atomic mass is 19.1. The molecule has 1 aliphatic heterocycles. The van der Waals surface area contributed by atoms with Crippen molar-refractivity contribution in [3.8, 4) is 0 Å². The summed E-state index contributed by atoms with van der Waals surface area (Å²) in [5, 5.41) is 6.29. The van der Waals surface area contributed by atoms with Gasteiger partial charge in [-0.2, -0.15) is 0 Å². The molecule has 5 heteroatoms. The second-order valence-corrected chi connectivity index (χ2v) is 8.13. The summed E-state index contributed by atoms with van der Waals surface area (Å²) in [7, 11) is 0. The van der Waals surface area contributed by atoms with E-state index in [0.29, 0.717) is 32.1 Å². The minimum Gasteiger partial charge on any atom is -0.350 e. The van der Waals surface area contributed by atoms with Crippen molar-refractivity contribution < 1.29 is 14.0 Å². The van der Waals surface area contributed by atoms with E-state index in [1.54, 1.807) is 12.1 Å². The second kappa shape index (κ2) is 7.38. The van der Waals surface area contributed by atoms with E-state index in [4.69, 9.17) is 0 Å². The summed E-state index contributed by atoms with van der Waals surface area (Å²) in [6.07, 6.45) is 4.62. The lowest BCUT2D eigenvalue weighted by atomic mass is 9.85. The Morgan fingerprint density at radius 1 is 1.04 bits per heavy atom. The molecular formula is C23H25FN2O2. The van der Waals surface area contributed by atoms with E-state index in [9.17, 15) is 14.0 Å². The molecule has 2 aromatic carbocycles. The van der Waals surface area contributed by atoms with Crippen LogP contribution >= 0.6 is 0 Å². The first kappa shape index (κ1) is 18.7. The highest BCUT2D eigenvalue weighted by Crippen LogP contribution is 2.45. The molecule has 0 unspecified atom stereocenters. The van der Waals surface area contributed by atoms with Crippen molar-refractivity contribution in [2.75, 3.05) is 0 Å². The summed E-state index contributed by atoms with van der Waals surface area (Å²) in [5.41, 5.74) is 1.46. The largest absolute Gasteiger partial charge is 0.350 e. The van der Waals surface area contributed by atoms with Crippen LogP contribution in [-0.2, 0) is 21.5 Å². The predicted molar refractivity (Wildman–Crippen MR) is 105 cm³/mol. The third-order valence-electron chi connectivity index (χ3n) is 5.98. The Morgan fingerprint density at radius 3 is 2.36 bits per heavy atom. The van der Waals surface area contributed by atoms with Crippen LogP contribution in [0.1, 0.15) is 49.7 Å². The van der Waals surface area contributed by atoms with Crippen molar-refractivity contribution in [1.82, 2.24) is 10.6 Å². The summed E-state index contributed by atoms with van der Waals surface area (Å²) in [6.45, 7) is 0. The zero-order chi connectivity index (χ0) is 19.6. The SMILES string of the molecule is O=C(CC[C@@]1(Cc2ccc(F)cc2)CCC(=O)N1)NC1(c2ccccc2)CC1. The number of halogens is 1. The van der Waals surface area contributed by atoms with Crippen molar-refractivity contribution in [3.05, 3.63) is 71.5 Å². The van der Waals surface area contributed by atoms with Crippen LogP contribution in [0.15, 0.2) is 54.6 Å². The average Bonchev–Trinajstić information content (AvgIpc) is 3.39. The van der Waals surface area contributed by atoms with Gasteiger partial charge in [0, 0.05) is 18.4 Å². The van der Waals surface area contributed by atoms with Crippen LogP contribution in [0.25, 0.3) is 0 Å². The van der Waals surface area contributed by atoms with Crippen LogP contribution in [-0.4, -0.2) is 17.4 Å². The average molecular weight is 380 g/mol. The van der Waals surface area contributed by atoms with Gasteiger partial charge in [0.2, 0.25) is 11.8 Å². The minimum atomic E-state index is -0.435. The number of hydrogen-bond acceptors (Lipinski definition) is 2. The number of carbonyl (C=O) groups is 2. The van der Waals surface area contributed by atoms with E-state index in [2.05, 4.69) is 22.8 Å². The molecule has 1 saturated heterocycles. The quantitative estimate of drug-likeness (QED) is 0.771. The summed E-state index contributed by atoms with van der Waals surface area (Å²) >= 11 is 0. The molecule has 28 heavy (non-hydrogen) atoms. The van der Waals surface area contributed by atoms with E-state index in [-0.39, 0.29) is 23.2 Å². The Kier molecular flexibility index (Phi) is 4.92. The van der Waals surface area contributed by atoms with Crippen LogP contribution < -0.4 is 10.6 Å². The number of benzene rings is 2. The maximum Gasteiger partial charge on any atom is 0.220 e. The van der Waals surface area contributed by atoms with Crippen LogP contribution in [0.2, 0.25) is 0 Å².